The lowest BCUT2D eigenvalue weighted by Gasteiger charge is -1.84. The van der Waals surface area contributed by atoms with Crippen LogP contribution in [0, 0.1) is 0 Å². The van der Waals surface area contributed by atoms with Gasteiger partial charge in [0.15, 0.2) is 0 Å². The monoisotopic (exact) mass is 210 g/mol. The van der Waals surface area contributed by atoms with E-state index in [1.165, 1.54) is 3.58 Å². The van der Waals surface area contributed by atoms with Gasteiger partial charge in [0, 0.05) is 6.20 Å². The Morgan fingerprint density at radius 1 is 2.00 bits per heavy atom. The lowest BCUT2D eigenvalue weighted by atomic mass is 10.6. The van der Waals surface area contributed by atoms with Crippen molar-refractivity contribution >= 4 is 22.6 Å². The molecule has 0 amide bonds. The zero-order valence-corrected chi connectivity index (χ0v) is 5.55. The van der Waals surface area contributed by atoms with Crippen molar-refractivity contribution in [3.05, 3.63) is 9.78 Å². The Labute approximate surface area is 54.4 Å². The van der Waals surface area contributed by atoms with Gasteiger partial charge in [-0.15, -0.1) is 0 Å². The molecule has 3 nitrogen and oxygen atoms in total. The van der Waals surface area contributed by atoms with Crippen LogP contribution in [-0.4, -0.2) is 11.4 Å². The van der Waals surface area contributed by atoms with Crippen LogP contribution in [0.4, 0.5) is 0 Å². The standard InChI is InChI=1S/C3H3IN2O/c4-2-1-5-6-3(2)7-6/h1,3,5H/t3-,6?/m0/s1. The fourth-order valence-corrected chi connectivity index (χ4v) is 1.04. The van der Waals surface area contributed by atoms with Gasteiger partial charge in [0.05, 0.1) is 3.58 Å². The second-order valence-corrected chi connectivity index (χ2v) is 2.69. The molecule has 2 heterocycles. The maximum absolute atomic E-state index is 4.91. The van der Waals surface area contributed by atoms with Gasteiger partial charge in [-0.2, -0.15) is 0 Å². The number of hydrogen-bond donors (Lipinski definition) is 1. The van der Waals surface area contributed by atoms with Crippen molar-refractivity contribution in [3.8, 4) is 0 Å². The summed E-state index contributed by atoms with van der Waals surface area (Å²) in [6.45, 7) is 0. The first-order valence-electron chi connectivity index (χ1n) is 1.96. The topological polar surface area (TPSA) is 27.6 Å². The number of nitrogens with one attached hydrogen (secondary N) is 1. The Hall–Kier alpha value is 0.190. The van der Waals surface area contributed by atoms with Crippen LogP contribution < -0.4 is 5.43 Å². The maximum atomic E-state index is 4.91. The normalized spacial score (nSPS) is 44.4. The average Bonchev–Trinajstić information content (AvgIpc) is 2.33. The average molecular weight is 210 g/mol. The van der Waals surface area contributed by atoms with Crippen molar-refractivity contribution in [2.45, 2.75) is 6.23 Å². The molecule has 0 aromatic rings. The van der Waals surface area contributed by atoms with Gasteiger partial charge >= 0.3 is 0 Å². The molecule has 2 aliphatic heterocycles. The molecular weight excluding hydrogens is 207 g/mol. The quantitative estimate of drug-likeness (QED) is 0.461. The molecule has 0 bridgehead atoms. The first-order chi connectivity index (χ1) is 3.38. The van der Waals surface area contributed by atoms with Crippen molar-refractivity contribution in [3.63, 3.8) is 0 Å². The van der Waals surface area contributed by atoms with E-state index >= 15 is 0 Å². The van der Waals surface area contributed by atoms with Gasteiger partial charge in [-0.3, -0.25) is 5.43 Å². The van der Waals surface area contributed by atoms with E-state index in [0.717, 1.165) is 0 Å². The molecular formula is C3H3IN2O. The van der Waals surface area contributed by atoms with Crippen LogP contribution in [0.15, 0.2) is 9.78 Å². The summed E-state index contributed by atoms with van der Waals surface area (Å²) in [4.78, 5) is 4.91. The highest BCUT2D eigenvalue weighted by Crippen LogP contribution is 2.33. The second-order valence-electron chi connectivity index (χ2n) is 1.44. The van der Waals surface area contributed by atoms with E-state index in [1.807, 2.05) is 6.20 Å². The fourth-order valence-electron chi connectivity index (χ4n) is 0.537. The molecule has 0 aliphatic carbocycles. The van der Waals surface area contributed by atoms with Crippen LogP contribution in [0.25, 0.3) is 0 Å². The van der Waals surface area contributed by atoms with E-state index in [-0.39, 0.29) is 6.23 Å². The van der Waals surface area contributed by atoms with Gasteiger partial charge in [-0.05, 0) is 22.6 Å². The van der Waals surface area contributed by atoms with Gasteiger partial charge in [-0.1, -0.05) is 5.17 Å². The zero-order chi connectivity index (χ0) is 4.85. The Morgan fingerprint density at radius 2 is 2.86 bits per heavy atom. The molecule has 1 unspecified atom stereocenters. The summed E-state index contributed by atoms with van der Waals surface area (Å²) >= 11 is 2.23. The summed E-state index contributed by atoms with van der Waals surface area (Å²) in [6, 6.07) is 0. The van der Waals surface area contributed by atoms with E-state index in [2.05, 4.69) is 28.0 Å². The molecule has 38 valence electrons. The van der Waals surface area contributed by atoms with E-state index < -0.39 is 0 Å². The van der Waals surface area contributed by atoms with Crippen LogP contribution >= 0.6 is 22.6 Å². The predicted molar refractivity (Wildman–Crippen MR) is 32.0 cm³/mol. The Balaban J connectivity index is 2.25. The van der Waals surface area contributed by atoms with E-state index in [9.17, 15) is 0 Å². The molecule has 1 saturated heterocycles. The molecule has 1 fully saturated rings. The SMILES string of the molecule is IC1=CNN2O[C@@H]12. The van der Waals surface area contributed by atoms with Crippen LogP contribution in [-0.2, 0) is 4.84 Å². The third-order valence-corrected chi connectivity index (χ3v) is 1.79. The molecule has 0 aromatic carbocycles. The highest BCUT2D eigenvalue weighted by molar-refractivity contribution is 14.1. The van der Waals surface area contributed by atoms with Gasteiger partial charge in [-0.25, -0.2) is 4.84 Å². The predicted octanol–water partition coefficient (Wildman–Crippen LogP) is 0.354. The van der Waals surface area contributed by atoms with Crippen molar-refractivity contribution in [1.82, 2.24) is 10.6 Å². The zero-order valence-electron chi connectivity index (χ0n) is 3.39. The molecule has 7 heavy (non-hydrogen) atoms. The van der Waals surface area contributed by atoms with Gasteiger partial charge in [0.2, 0.25) is 6.23 Å². The van der Waals surface area contributed by atoms with Crippen LogP contribution in [0.5, 0.6) is 0 Å². The van der Waals surface area contributed by atoms with Crippen molar-refractivity contribution in [1.29, 1.82) is 0 Å². The summed E-state index contributed by atoms with van der Waals surface area (Å²) in [5, 5.41) is 1.70. The smallest absolute Gasteiger partial charge is 0.209 e. The molecule has 2 rings (SSSR count). The Kier molecular flexibility index (Phi) is 0.658. The molecule has 0 radical (unpaired) electrons. The Bertz CT molecular complexity index is 135. The fraction of sp³-hybridized carbons (Fsp3) is 0.333. The minimum absolute atomic E-state index is 0.251. The largest absolute Gasteiger partial charge is 0.300 e. The van der Waals surface area contributed by atoms with E-state index in [4.69, 9.17) is 4.84 Å². The van der Waals surface area contributed by atoms with Gasteiger partial charge in [0.1, 0.15) is 0 Å². The molecule has 2 aliphatic rings. The number of halogens is 1. The lowest BCUT2D eigenvalue weighted by molar-refractivity contribution is 0.160. The highest BCUT2D eigenvalue weighted by atomic mass is 127. The first-order valence-corrected chi connectivity index (χ1v) is 3.03. The summed E-state index contributed by atoms with van der Waals surface area (Å²) in [6.07, 6.45) is 2.18. The van der Waals surface area contributed by atoms with Gasteiger partial charge in [0.25, 0.3) is 0 Å². The number of hydrogen-bond acceptors (Lipinski definition) is 3. The summed E-state index contributed by atoms with van der Waals surface area (Å²) < 4.78 is 1.22. The summed E-state index contributed by atoms with van der Waals surface area (Å²) in [5.41, 5.74) is 2.88. The number of nitrogens with zero attached hydrogens (tertiary/aromatic N) is 1. The van der Waals surface area contributed by atoms with Crippen LogP contribution in [0.3, 0.4) is 0 Å². The number of hydroxylamine groups is 1. The molecule has 2 atom stereocenters. The van der Waals surface area contributed by atoms with Gasteiger partial charge < -0.3 is 0 Å². The molecule has 4 heteroatoms. The number of hydrazine groups is 1. The summed E-state index contributed by atoms with van der Waals surface area (Å²) in [7, 11) is 0. The maximum Gasteiger partial charge on any atom is 0.209 e. The highest BCUT2D eigenvalue weighted by Gasteiger charge is 2.43. The number of fused-ring (bicyclic) bond motifs is 1. The van der Waals surface area contributed by atoms with Crippen molar-refractivity contribution < 1.29 is 4.84 Å². The van der Waals surface area contributed by atoms with Crippen molar-refractivity contribution in [2.24, 2.45) is 0 Å². The molecule has 0 spiro atoms. The molecule has 0 aromatic heterocycles. The number of rotatable bonds is 0. The molecule has 0 saturated carbocycles. The third-order valence-electron chi connectivity index (χ3n) is 0.946. The van der Waals surface area contributed by atoms with Crippen LogP contribution in [0.2, 0.25) is 0 Å². The summed E-state index contributed by atoms with van der Waals surface area (Å²) in [5.74, 6) is 0. The minimum Gasteiger partial charge on any atom is -0.300 e. The van der Waals surface area contributed by atoms with E-state index in [0.29, 0.717) is 0 Å². The third kappa shape index (κ3) is 0.471. The Morgan fingerprint density at radius 3 is 3.00 bits per heavy atom. The second kappa shape index (κ2) is 1.12. The minimum atomic E-state index is 0.251. The van der Waals surface area contributed by atoms with E-state index in [1.54, 1.807) is 5.17 Å². The molecule has 1 N–H and O–H groups in total. The van der Waals surface area contributed by atoms with Crippen molar-refractivity contribution in [2.75, 3.05) is 0 Å². The van der Waals surface area contributed by atoms with Crippen LogP contribution in [0.1, 0.15) is 0 Å². The first kappa shape index (κ1) is 4.11. The lowest BCUT2D eigenvalue weighted by Crippen LogP contribution is -2.08.